The van der Waals surface area contributed by atoms with E-state index in [0.29, 0.717) is 42.3 Å². The molecule has 0 aliphatic carbocycles. The van der Waals surface area contributed by atoms with Crippen LogP contribution in [0, 0.1) is 11.3 Å². The molecular weight excluding hydrogens is 406 g/mol. The second kappa shape index (κ2) is 10.1. The molecule has 0 aliphatic rings. The number of amides is 1. The summed E-state index contributed by atoms with van der Waals surface area (Å²) in [4.78, 5) is 21.5. The van der Waals surface area contributed by atoms with E-state index in [9.17, 15) is 4.79 Å². The molecule has 3 aromatic heterocycles. The lowest BCUT2D eigenvalue weighted by Gasteiger charge is -2.11. The van der Waals surface area contributed by atoms with Crippen LogP contribution in [0.15, 0.2) is 73.2 Å². The molecule has 1 aromatic carbocycles. The molecule has 0 saturated heterocycles. The quantitative estimate of drug-likeness (QED) is 0.401. The van der Waals surface area contributed by atoms with Gasteiger partial charge in [0.05, 0.1) is 18.4 Å². The van der Waals surface area contributed by atoms with Crippen LogP contribution >= 0.6 is 0 Å². The largest absolute Gasteiger partial charge is 0.490 e. The number of hydrogen-bond acceptors (Lipinski definition) is 6. The van der Waals surface area contributed by atoms with Crippen LogP contribution in [0.1, 0.15) is 28.9 Å². The summed E-state index contributed by atoms with van der Waals surface area (Å²) in [6.45, 7) is 0.655. The van der Waals surface area contributed by atoms with E-state index in [1.54, 1.807) is 42.6 Å². The molecule has 3 heterocycles. The van der Waals surface area contributed by atoms with Gasteiger partial charge in [0.15, 0.2) is 11.6 Å². The van der Waals surface area contributed by atoms with Crippen LogP contribution in [-0.4, -0.2) is 26.9 Å². The minimum absolute atomic E-state index is 0.285. The predicted molar refractivity (Wildman–Crippen MR) is 118 cm³/mol. The van der Waals surface area contributed by atoms with Gasteiger partial charge in [-0.25, -0.2) is 9.97 Å². The third kappa shape index (κ3) is 5.21. The Kier molecular flexibility index (Phi) is 6.58. The number of hydrogen-bond donors (Lipinski definition) is 1. The second-order valence-corrected chi connectivity index (χ2v) is 6.93. The summed E-state index contributed by atoms with van der Waals surface area (Å²) in [6.07, 6.45) is 6.42. The topological polar surface area (TPSA) is 102 Å². The average molecular weight is 427 g/mol. The molecule has 0 saturated carbocycles. The van der Waals surface area contributed by atoms with E-state index < -0.39 is 0 Å². The van der Waals surface area contributed by atoms with E-state index in [1.165, 1.54) is 0 Å². The molecule has 160 valence electrons. The zero-order valence-corrected chi connectivity index (χ0v) is 17.3. The van der Waals surface area contributed by atoms with E-state index in [2.05, 4.69) is 21.4 Å². The third-order valence-corrected chi connectivity index (χ3v) is 4.59. The molecule has 32 heavy (non-hydrogen) atoms. The number of carbonyl (C=O) groups is 1. The summed E-state index contributed by atoms with van der Waals surface area (Å²) in [5, 5.41) is 11.4. The third-order valence-electron chi connectivity index (χ3n) is 4.59. The van der Waals surface area contributed by atoms with Gasteiger partial charge in [-0.2, -0.15) is 5.26 Å². The van der Waals surface area contributed by atoms with Crippen LogP contribution in [-0.2, 0) is 6.61 Å². The van der Waals surface area contributed by atoms with Gasteiger partial charge in [-0.3, -0.25) is 4.79 Å². The maximum absolute atomic E-state index is 12.8. The highest BCUT2D eigenvalue weighted by molar-refractivity contribution is 6.04. The van der Waals surface area contributed by atoms with Gasteiger partial charge in [0.1, 0.15) is 18.0 Å². The van der Waals surface area contributed by atoms with E-state index in [0.717, 1.165) is 11.3 Å². The van der Waals surface area contributed by atoms with E-state index in [1.807, 2.05) is 35.0 Å². The number of nitrogens with one attached hydrogen (secondary N) is 1. The van der Waals surface area contributed by atoms with Crippen molar-refractivity contribution in [3.63, 3.8) is 0 Å². The van der Waals surface area contributed by atoms with Gasteiger partial charge in [0, 0.05) is 30.6 Å². The molecule has 1 N–H and O–H groups in total. The summed E-state index contributed by atoms with van der Waals surface area (Å²) in [5.41, 5.74) is 2.07. The van der Waals surface area contributed by atoms with Gasteiger partial charge in [-0.1, -0.05) is 12.1 Å². The summed E-state index contributed by atoms with van der Waals surface area (Å²) >= 11 is 0. The van der Waals surface area contributed by atoms with E-state index >= 15 is 0 Å². The minimum Gasteiger partial charge on any atom is -0.490 e. The van der Waals surface area contributed by atoms with Crippen LogP contribution in [0.4, 0.5) is 5.82 Å². The fourth-order valence-electron chi connectivity index (χ4n) is 3.06. The summed E-state index contributed by atoms with van der Waals surface area (Å²) in [5.74, 6) is 1.01. The van der Waals surface area contributed by atoms with Crippen molar-refractivity contribution < 1.29 is 14.3 Å². The normalized spacial score (nSPS) is 10.5. The van der Waals surface area contributed by atoms with Crippen molar-refractivity contribution in [2.75, 3.05) is 11.9 Å². The molecule has 0 bridgehead atoms. The standard InChI is InChI=1S/C24H21N5O3/c25-11-2-4-14-31-21-9-6-12-26-23(21)28-24(30)18-7-5-8-20(15-18)32-17-19-16-29-13-3-1-10-22(29)27-19/h1,3,5-10,12-13,15-16H,2,4,14,17H2,(H,26,28,30). The number of unbranched alkanes of at least 4 members (excludes halogenated alkanes) is 1. The maximum atomic E-state index is 12.8. The summed E-state index contributed by atoms with van der Waals surface area (Å²) in [7, 11) is 0. The number of anilines is 1. The Bertz CT molecular complexity index is 1230. The lowest BCUT2D eigenvalue weighted by molar-refractivity contribution is 0.102. The van der Waals surface area contributed by atoms with Crippen LogP contribution < -0.4 is 14.8 Å². The highest BCUT2D eigenvalue weighted by Crippen LogP contribution is 2.23. The number of nitrogens with zero attached hydrogens (tertiary/aromatic N) is 4. The van der Waals surface area contributed by atoms with Crippen molar-refractivity contribution in [2.24, 2.45) is 0 Å². The SMILES string of the molecule is N#CCCCOc1cccnc1NC(=O)c1cccc(OCc2cn3ccccc3n2)c1. The van der Waals surface area contributed by atoms with Gasteiger partial charge in [0.25, 0.3) is 5.91 Å². The molecule has 4 rings (SSSR count). The highest BCUT2D eigenvalue weighted by atomic mass is 16.5. The lowest BCUT2D eigenvalue weighted by atomic mass is 10.2. The van der Waals surface area contributed by atoms with Crippen LogP contribution in [0.5, 0.6) is 11.5 Å². The molecule has 0 unspecified atom stereocenters. The Balaban J connectivity index is 1.40. The zero-order chi connectivity index (χ0) is 22.2. The Labute approximate surface area is 185 Å². The summed E-state index contributed by atoms with van der Waals surface area (Å²) in [6, 6.07) is 18.2. The van der Waals surface area contributed by atoms with Gasteiger partial charge in [-0.15, -0.1) is 0 Å². The minimum atomic E-state index is -0.330. The number of aromatic nitrogens is 3. The molecule has 0 atom stereocenters. The molecule has 4 aromatic rings. The van der Waals surface area contributed by atoms with E-state index in [-0.39, 0.29) is 12.5 Å². The Hall–Kier alpha value is -4.38. The Morgan fingerprint density at radius 2 is 2.06 bits per heavy atom. The average Bonchev–Trinajstić information content (AvgIpc) is 3.25. The van der Waals surface area contributed by atoms with Crippen molar-refractivity contribution in [1.82, 2.24) is 14.4 Å². The fraction of sp³-hybridized carbons (Fsp3) is 0.167. The molecule has 0 spiro atoms. The maximum Gasteiger partial charge on any atom is 0.257 e. The van der Waals surface area contributed by atoms with E-state index in [4.69, 9.17) is 14.7 Å². The van der Waals surface area contributed by atoms with Crippen molar-refractivity contribution in [3.8, 4) is 17.6 Å². The molecular formula is C24H21N5O3. The number of carbonyl (C=O) groups excluding carboxylic acids is 1. The molecule has 0 fully saturated rings. The van der Waals surface area contributed by atoms with Crippen molar-refractivity contribution >= 4 is 17.4 Å². The smallest absolute Gasteiger partial charge is 0.257 e. The number of ether oxygens (including phenoxy) is 2. The van der Waals surface area contributed by atoms with Gasteiger partial charge < -0.3 is 19.2 Å². The summed E-state index contributed by atoms with van der Waals surface area (Å²) < 4.78 is 13.4. The van der Waals surface area contributed by atoms with Crippen molar-refractivity contribution in [3.05, 3.63) is 84.4 Å². The van der Waals surface area contributed by atoms with Crippen LogP contribution in [0.3, 0.4) is 0 Å². The van der Waals surface area contributed by atoms with Crippen molar-refractivity contribution in [1.29, 1.82) is 5.26 Å². The first-order valence-electron chi connectivity index (χ1n) is 10.1. The fourth-order valence-corrected chi connectivity index (χ4v) is 3.06. The number of imidazole rings is 1. The van der Waals surface area contributed by atoms with Crippen LogP contribution in [0.25, 0.3) is 5.65 Å². The van der Waals surface area contributed by atoms with Crippen LogP contribution in [0.2, 0.25) is 0 Å². The number of rotatable bonds is 9. The molecule has 0 radical (unpaired) electrons. The Morgan fingerprint density at radius 1 is 1.12 bits per heavy atom. The highest BCUT2D eigenvalue weighted by Gasteiger charge is 2.12. The van der Waals surface area contributed by atoms with Gasteiger partial charge in [0.2, 0.25) is 0 Å². The van der Waals surface area contributed by atoms with Gasteiger partial charge >= 0.3 is 0 Å². The first kappa shape index (κ1) is 20.9. The molecule has 8 nitrogen and oxygen atoms in total. The number of pyridine rings is 2. The first-order chi connectivity index (χ1) is 15.7. The Morgan fingerprint density at radius 3 is 2.94 bits per heavy atom. The number of benzene rings is 1. The first-order valence-corrected chi connectivity index (χ1v) is 10.1. The number of nitriles is 1. The number of fused-ring (bicyclic) bond motifs is 1. The molecule has 1 amide bonds. The second-order valence-electron chi connectivity index (χ2n) is 6.93. The zero-order valence-electron chi connectivity index (χ0n) is 17.3. The van der Waals surface area contributed by atoms with Crippen molar-refractivity contribution in [2.45, 2.75) is 19.4 Å². The lowest BCUT2D eigenvalue weighted by Crippen LogP contribution is -2.14. The van der Waals surface area contributed by atoms with Gasteiger partial charge in [-0.05, 0) is 48.9 Å². The predicted octanol–water partition coefficient (Wildman–Crippen LogP) is 4.24. The monoisotopic (exact) mass is 427 g/mol. The molecule has 0 aliphatic heterocycles. The molecule has 8 heteroatoms.